The Labute approximate surface area is 147 Å². The number of benzene rings is 2. The molecule has 0 atom stereocenters. The highest BCUT2D eigenvalue weighted by atomic mass is 79.9. The SMILES string of the molecule is Cc1cc(Br)ccc1OCC(=O)O/N=C(\N)c1ccccc1Cl. The Morgan fingerprint density at radius 2 is 2.04 bits per heavy atom. The first kappa shape index (κ1) is 17.3. The molecule has 0 heterocycles. The first-order valence-electron chi connectivity index (χ1n) is 6.64. The monoisotopic (exact) mass is 396 g/mol. The summed E-state index contributed by atoms with van der Waals surface area (Å²) in [6.45, 7) is 1.60. The molecule has 2 aromatic carbocycles. The number of aryl methyl sites for hydroxylation is 1. The van der Waals surface area contributed by atoms with Gasteiger partial charge in [0.15, 0.2) is 12.4 Å². The summed E-state index contributed by atoms with van der Waals surface area (Å²) < 4.78 is 6.32. The number of ether oxygens (including phenoxy) is 1. The molecule has 0 unspecified atom stereocenters. The topological polar surface area (TPSA) is 73.9 Å². The minimum atomic E-state index is -0.665. The number of carbonyl (C=O) groups is 1. The zero-order valence-corrected chi connectivity index (χ0v) is 14.6. The van der Waals surface area contributed by atoms with E-state index in [0.717, 1.165) is 10.0 Å². The Kier molecular flexibility index (Phi) is 6.01. The number of carbonyl (C=O) groups excluding carboxylic acids is 1. The maximum absolute atomic E-state index is 11.7. The van der Waals surface area contributed by atoms with Gasteiger partial charge in [-0.2, -0.15) is 0 Å². The van der Waals surface area contributed by atoms with Crippen molar-refractivity contribution in [1.82, 2.24) is 0 Å². The molecule has 0 aliphatic rings. The van der Waals surface area contributed by atoms with Gasteiger partial charge >= 0.3 is 5.97 Å². The van der Waals surface area contributed by atoms with E-state index in [2.05, 4.69) is 21.1 Å². The zero-order chi connectivity index (χ0) is 16.8. The van der Waals surface area contributed by atoms with Gasteiger partial charge in [0.25, 0.3) is 0 Å². The first-order chi connectivity index (χ1) is 11.0. The summed E-state index contributed by atoms with van der Waals surface area (Å²) in [5.74, 6) is -0.0562. The third kappa shape index (κ3) is 4.97. The smallest absolute Gasteiger partial charge is 0.372 e. The first-order valence-corrected chi connectivity index (χ1v) is 7.81. The second kappa shape index (κ2) is 7.99. The lowest BCUT2D eigenvalue weighted by Gasteiger charge is -2.08. The summed E-state index contributed by atoms with van der Waals surface area (Å²) in [7, 11) is 0. The summed E-state index contributed by atoms with van der Waals surface area (Å²) >= 11 is 9.33. The van der Waals surface area contributed by atoms with Gasteiger partial charge < -0.3 is 15.3 Å². The molecule has 0 saturated heterocycles. The van der Waals surface area contributed by atoms with Crippen LogP contribution in [0.1, 0.15) is 11.1 Å². The minimum Gasteiger partial charge on any atom is -0.482 e. The molecule has 23 heavy (non-hydrogen) atoms. The highest BCUT2D eigenvalue weighted by Crippen LogP contribution is 2.22. The van der Waals surface area contributed by atoms with Crippen LogP contribution in [0.2, 0.25) is 5.02 Å². The molecule has 2 N–H and O–H groups in total. The average Bonchev–Trinajstić information content (AvgIpc) is 2.52. The van der Waals surface area contributed by atoms with Gasteiger partial charge in [-0.05, 0) is 42.8 Å². The van der Waals surface area contributed by atoms with Crippen LogP contribution in [0.3, 0.4) is 0 Å². The van der Waals surface area contributed by atoms with Crippen LogP contribution in [-0.2, 0) is 9.63 Å². The third-order valence-electron chi connectivity index (χ3n) is 2.88. The molecular formula is C16H14BrClN2O3. The van der Waals surface area contributed by atoms with Crippen LogP contribution < -0.4 is 10.5 Å². The van der Waals surface area contributed by atoms with Crippen molar-refractivity contribution >= 4 is 39.3 Å². The number of oxime groups is 1. The van der Waals surface area contributed by atoms with Crippen LogP contribution in [0.25, 0.3) is 0 Å². The van der Waals surface area contributed by atoms with Crippen molar-refractivity contribution in [2.24, 2.45) is 10.9 Å². The van der Waals surface area contributed by atoms with E-state index in [1.54, 1.807) is 30.3 Å². The number of hydrogen-bond donors (Lipinski definition) is 1. The van der Waals surface area contributed by atoms with E-state index >= 15 is 0 Å². The number of rotatable bonds is 5. The molecule has 0 saturated carbocycles. The Morgan fingerprint density at radius 3 is 2.74 bits per heavy atom. The number of halogens is 2. The van der Waals surface area contributed by atoms with Crippen molar-refractivity contribution in [1.29, 1.82) is 0 Å². The molecule has 0 aromatic heterocycles. The van der Waals surface area contributed by atoms with Crippen molar-refractivity contribution in [3.8, 4) is 5.75 Å². The number of nitrogens with zero attached hydrogens (tertiary/aromatic N) is 1. The average molecular weight is 398 g/mol. The third-order valence-corrected chi connectivity index (χ3v) is 3.70. The van der Waals surface area contributed by atoms with Crippen LogP contribution >= 0.6 is 27.5 Å². The summed E-state index contributed by atoms with van der Waals surface area (Å²) in [6, 6.07) is 12.3. The molecule has 0 aliphatic carbocycles. The van der Waals surface area contributed by atoms with Crippen LogP contribution in [0.4, 0.5) is 0 Å². The lowest BCUT2D eigenvalue weighted by molar-refractivity contribution is -0.146. The summed E-state index contributed by atoms with van der Waals surface area (Å²) in [6.07, 6.45) is 0. The van der Waals surface area contributed by atoms with Crippen LogP contribution in [-0.4, -0.2) is 18.4 Å². The Balaban J connectivity index is 1.92. The van der Waals surface area contributed by atoms with Gasteiger partial charge in [-0.25, -0.2) is 4.79 Å². The lowest BCUT2D eigenvalue weighted by Crippen LogP contribution is -2.18. The van der Waals surface area contributed by atoms with Crippen molar-refractivity contribution < 1.29 is 14.4 Å². The van der Waals surface area contributed by atoms with E-state index in [0.29, 0.717) is 16.3 Å². The maximum atomic E-state index is 11.7. The molecule has 2 aromatic rings. The minimum absolute atomic E-state index is 0.0174. The van der Waals surface area contributed by atoms with Gasteiger partial charge in [0.05, 0.1) is 5.02 Å². The highest BCUT2D eigenvalue weighted by Gasteiger charge is 2.09. The molecule has 7 heteroatoms. The predicted molar refractivity (Wildman–Crippen MR) is 92.6 cm³/mol. The standard InChI is InChI=1S/C16H14BrClN2O3/c1-10-8-11(17)6-7-14(10)22-9-15(21)23-20-16(19)12-4-2-3-5-13(12)18/h2-8H,9H2,1H3,(H2,19,20). The molecular weight excluding hydrogens is 384 g/mol. The molecule has 0 spiro atoms. The van der Waals surface area contributed by atoms with E-state index in [1.165, 1.54) is 0 Å². The summed E-state index contributed by atoms with van der Waals surface area (Å²) in [5.41, 5.74) is 7.12. The zero-order valence-electron chi connectivity index (χ0n) is 12.3. The van der Waals surface area contributed by atoms with E-state index in [1.807, 2.05) is 19.1 Å². The van der Waals surface area contributed by atoms with Crippen LogP contribution in [0.5, 0.6) is 5.75 Å². The van der Waals surface area contributed by atoms with Gasteiger partial charge in [0, 0.05) is 10.0 Å². The van der Waals surface area contributed by atoms with Crippen molar-refractivity contribution in [3.63, 3.8) is 0 Å². The van der Waals surface area contributed by atoms with Gasteiger partial charge in [-0.1, -0.05) is 44.8 Å². The Bertz CT molecular complexity index is 750. The maximum Gasteiger partial charge on any atom is 0.372 e. The van der Waals surface area contributed by atoms with Crippen molar-refractivity contribution in [2.45, 2.75) is 6.92 Å². The summed E-state index contributed by atoms with van der Waals surface area (Å²) in [4.78, 5) is 16.4. The number of amidine groups is 1. The van der Waals surface area contributed by atoms with Gasteiger partial charge in [0.1, 0.15) is 5.75 Å². The number of nitrogens with two attached hydrogens (primary N) is 1. The molecule has 2 rings (SSSR count). The summed E-state index contributed by atoms with van der Waals surface area (Å²) in [5, 5.41) is 4.00. The van der Waals surface area contributed by atoms with Gasteiger partial charge in [-0.3, -0.25) is 0 Å². The number of hydrogen-bond acceptors (Lipinski definition) is 4. The van der Waals surface area contributed by atoms with Crippen LogP contribution in [0, 0.1) is 6.92 Å². The Hall–Kier alpha value is -2.05. The molecule has 0 fully saturated rings. The van der Waals surface area contributed by atoms with E-state index in [9.17, 15) is 4.79 Å². The fourth-order valence-electron chi connectivity index (χ4n) is 1.76. The normalized spacial score (nSPS) is 11.2. The highest BCUT2D eigenvalue weighted by molar-refractivity contribution is 9.10. The molecule has 5 nitrogen and oxygen atoms in total. The van der Waals surface area contributed by atoms with Crippen molar-refractivity contribution in [3.05, 3.63) is 63.1 Å². The molecule has 0 bridgehead atoms. The quantitative estimate of drug-likeness (QED) is 0.362. The lowest BCUT2D eigenvalue weighted by atomic mass is 10.2. The van der Waals surface area contributed by atoms with E-state index < -0.39 is 5.97 Å². The Morgan fingerprint density at radius 1 is 1.30 bits per heavy atom. The van der Waals surface area contributed by atoms with E-state index in [-0.39, 0.29) is 12.4 Å². The van der Waals surface area contributed by atoms with Gasteiger partial charge in [0.2, 0.25) is 0 Å². The molecule has 0 aliphatic heterocycles. The second-order valence-electron chi connectivity index (χ2n) is 4.62. The largest absolute Gasteiger partial charge is 0.482 e. The fourth-order valence-corrected chi connectivity index (χ4v) is 2.46. The predicted octanol–water partition coefficient (Wildman–Crippen LogP) is 3.65. The second-order valence-corrected chi connectivity index (χ2v) is 5.94. The van der Waals surface area contributed by atoms with Crippen LogP contribution in [0.15, 0.2) is 52.1 Å². The van der Waals surface area contributed by atoms with Crippen molar-refractivity contribution in [2.75, 3.05) is 6.61 Å². The molecule has 0 radical (unpaired) electrons. The fraction of sp³-hybridized carbons (Fsp3) is 0.125. The van der Waals surface area contributed by atoms with E-state index in [4.69, 9.17) is 26.9 Å². The van der Waals surface area contributed by atoms with Gasteiger partial charge in [-0.15, -0.1) is 0 Å². The molecule has 0 amide bonds. The molecule has 120 valence electrons.